The van der Waals surface area contributed by atoms with Gasteiger partial charge in [0.25, 0.3) is 0 Å². The molecule has 2 heterocycles. The minimum absolute atomic E-state index is 0.295. The molecule has 6 heteroatoms. The summed E-state index contributed by atoms with van der Waals surface area (Å²) in [5.41, 5.74) is 1.08. The zero-order chi connectivity index (χ0) is 15.9. The van der Waals surface area contributed by atoms with Crippen molar-refractivity contribution >= 4 is 0 Å². The van der Waals surface area contributed by atoms with Gasteiger partial charge in [0, 0.05) is 30.0 Å². The summed E-state index contributed by atoms with van der Waals surface area (Å²) < 4.78 is 7.69. The molecule has 6 nitrogen and oxygen atoms in total. The molecule has 0 saturated heterocycles. The van der Waals surface area contributed by atoms with E-state index in [0.29, 0.717) is 29.7 Å². The molecule has 0 aromatic carbocycles. The zero-order valence-corrected chi connectivity index (χ0v) is 14.0. The van der Waals surface area contributed by atoms with Gasteiger partial charge in [-0.25, -0.2) is 4.68 Å². The van der Waals surface area contributed by atoms with E-state index in [0.717, 1.165) is 30.3 Å². The van der Waals surface area contributed by atoms with E-state index in [-0.39, 0.29) is 0 Å². The van der Waals surface area contributed by atoms with Gasteiger partial charge in [0.2, 0.25) is 11.8 Å². The molecule has 120 valence electrons. The first-order valence-electron chi connectivity index (χ1n) is 8.20. The molecule has 0 aliphatic heterocycles. The molecule has 1 aliphatic carbocycles. The highest BCUT2D eigenvalue weighted by Crippen LogP contribution is 2.51. The molecule has 22 heavy (non-hydrogen) atoms. The van der Waals surface area contributed by atoms with Crippen molar-refractivity contribution in [3.8, 4) is 0 Å². The second-order valence-corrected chi connectivity index (χ2v) is 7.09. The first-order chi connectivity index (χ1) is 10.5. The fourth-order valence-corrected chi connectivity index (χ4v) is 2.78. The summed E-state index contributed by atoms with van der Waals surface area (Å²) in [6.07, 6.45) is 4.31. The molecular formula is C16H25N5O. The van der Waals surface area contributed by atoms with Crippen molar-refractivity contribution in [2.45, 2.75) is 71.3 Å². The molecule has 3 rings (SSSR count). The molecule has 0 amide bonds. The molecule has 2 aromatic rings. The SMILES string of the molecule is CC(C)c1nnc(C2CC2CC(C)c2cn(C(C)C)nn2)o1. The highest BCUT2D eigenvalue weighted by atomic mass is 16.4. The van der Waals surface area contributed by atoms with Gasteiger partial charge >= 0.3 is 0 Å². The monoisotopic (exact) mass is 303 g/mol. The molecular weight excluding hydrogens is 278 g/mol. The lowest BCUT2D eigenvalue weighted by atomic mass is 10.0. The quantitative estimate of drug-likeness (QED) is 0.814. The Labute approximate surface area is 131 Å². The zero-order valence-electron chi connectivity index (χ0n) is 14.0. The van der Waals surface area contributed by atoms with E-state index in [1.165, 1.54) is 0 Å². The van der Waals surface area contributed by atoms with Gasteiger partial charge in [0.15, 0.2) is 0 Å². The maximum absolute atomic E-state index is 5.77. The van der Waals surface area contributed by atoms with Crippen molar-refractivity contribution in [3.63, 3.8) is 0 Å². The first-order valence-corrected chi connectivity index (χ1v) is 8.20. The van der Waals surface area contributed by atoms with Gasteiger partial charge in [0.05, 0.1) is 5.69 Å². The van der Waals surface area contributed by atoms with Crippen LogP contribution in [0.4, 0.5) is 0 Å². The van der Waals surface area contributed by atoms with Gasteiger partial charge in [-0.05, 0) is 32.6 Å². The van der Waals surface area contributed by atoms with Crippen molar-refractivity contribution in [1.82, 2.24) is 25.2 Å². The minimum atomic E-state index is 0.295. The summed E-state index contributed by atoms with van der Waals surface area (Å²) in [6.45, 7) is 10.6. The summed E-state index contributed by atoms with van der Waals surface area (Å²) in [6, 6.07) is 0.356. The number of hydrogen-bond acceptors (Lipinski definition) is 5. The van der Waals surface area contributed by atoms with Crippen molar-refractivity contribution in [2.75, 3.05) is 0 Å². The van der Waals surface area contributed by atoms with Crippen LogP contribution in [-0.2, 0) is 0 Å². The second kappa shape index (κ2) is 5.82. The summed E-state index contributed by atoms with van der Waals surface area (Å²) in [5, 5.41) is 16.8. The van der Waals surface area contributed by atoms with Gasteiger partial charge in [0.1, 0.15) is 0 Å². The van der Waals surface area contributed by atoms with E-state index in [2.05, 4.69) is 61.3 Å². The van der Waals surface area contributed by atoms with Gasteiger partial charge in [-0.2, -0.15) is 0 Å². The standard InChI is InChI=1S/C16H25N5O/c1-9(2)15-18-19-16(22-15)13-7-12(13)6-11(5)14-8-21(10(3)4)20-17-14/h8-13H,6-7H2,1-5H3. The lowest BCUT2D eigenvalue weighted by Crippen LogP contribution is -2.00. The van der Waals surface area contributed by atoms with Crippen LogP contribution < -0.4 is 0 Å². The topological polar surface area (TPSA) is 69.6 Å². The van der Waals surface area contributed by atoms with Crippen LogP contribution in [0.1, 0.15) is 88.7 Å². The lowest BCUT2D eigenvalue weighted by Gasteiger charge is -2.07. The summed E-state index contributed by atoms with van der Waals surface area (Å²) in [5.74, 6) is 3.32. The predicted octanol–water partition coefficient (Wildman–Crippen LogP) is 3.66. The van der Waals surface area contributed by atoms with E-state index in [1.807, 2.05) is 4.68 Å². The molecule has 1 aliphatic rings. The second-order valence-electron chi connectivity index (χ2n) is 7.09. The minimum Gasteiger partial charge on any atom is -0.425 e. The Morgan fingerprint density at radius 3 is 2.55 bits per heavy atom. The van der Waals surface area contributed by atoms with E-state index in [9.17, 15) is 0 Å². The van der Waals surface area contributed by atoms with Crippen LogP contribution >= 0.6 is 0 Å². The maximum atomic E-state index is 5.77. The molecule has 0 bridgehead atoms. The molecule has 0 spiro atoms. The number of nitrogens with zero attached hydrogens (tertiary/aromatic N) is 5. The van der Waals surface area contributed by atoms with Crippen molar-refractivity contribution in [1.29, 1.82) is 0 Å². The van der Waals surface area contributed by atoms with Crippen LogP contribution in [0.2, 0.25) is 0 Å². The Morgan fingerprint density at radius 1 is 1.18 bits per heavy atom. The summed E-state index contributed by atoms with van der Waals surface area (Å²) >= 11 is 0. The fourth-order valence-electron chi connectivity index (χ4n) is 2.78. The van der Waals surface area contributed by atoms with Crippen molar-refractivity contribution in [2.24, 2.45) is 5.92 Å². The molecule has 0 radical (unpaired) electrons. The highest BCUT2D eigenvalue weighted by molar-refractivity contribution is 5.10. The summed E-state index contributed by atoms with van der Waals surface area (Å²) in [7, 11) is 0. The first kappa shape index (κ1) is 15.2. The third-order valence-electron chi connectivity index (χ3n) is 4.41. The molecule has 3 atom stereocenters. The number of rotatable bonds is 6. The van der Waals surface area contributed by atoms with Crippen LogP contribution in [0.5, 0.6) is 0 Å². The molecule has 2 aromatic heterocycles. The Morgan fingerprint density at radius 2 is 1.95 bits per heavy atom. The third kappa shape index (κ3) is 3.05. The predicted molar refractivity (Wildman–Crippen MR) is 82.7 cm³/mol. The van der Waals surface area contributed by atoms with E-state index >= 15 is 0 Å². The number of hydrogen-bond donors (Lipinski definition) is 0. The average molecular weight is 303 g/mol. The van der Waals surface area contributed by atoms with Crippen LogP contribution in [-0.4, -0.2) is 25.2 Å². The molecule has 1 saturated carbocycles. The van der Waals surface area contributed by atoms with Crippen molar-refractivity contribution in [3.05, 3.63) is 23.7 Å². The van der Waals surface area contributed by atoms with E-state index in [1.54, 1.807) is 0 Å². The Hall–Kier alpha value is -1.72. The molecule has 0 N–H and O–H groups in total. The third-order valence-corrected chi connectivity index (χ3v) is 4.41. The van der Waals surface area contributed by atoms with E-state index < -0.39 is 0 Å². The number of aromatic nitrogens is 5. The largest absolute Gasteiger partial charge is 0.425 e. The van der Waals surface area contributed by atoms with Crippen molar-refractivity contribution < 1.29 is 4.42 Å². The Bertz CT molecular complexity index is 630. The smallest absolute Gasteiger partial charge is 0.219 e. The normalized spacial score (nSPS) is 22.5. The van der Waals surface area contributed by atoms with Crippen LogP contribution in [0.3, 0.4) is 0 Å². The van der Waals surface area contributed by atoms with E-state index in [4.69, 9.17) is 4.42 Å². The Balaban J connectivity index is 1.58. The maximum Gasteiger partial charge on any atom is 0.219 e. The van der Waals surface area contributed by atoms with Gasteiger partial charge in [-0.1, -0.05) is 26.0 Å². The Kier molecular flexibility index (Phi) is 4.02. The summed E-state index contributed by atoms with van der Waals surface area (Å²) in [4.78, 5) is 0. The lowest BCUT2D eigenvalue weighted by molar-refractivity contribution is 0.424. The molecule has 3 unspecified atom stereocenters. The van der Waals surface area contributed by atoms with Gasteiger partial charge in [-0.3, -0.25) is 0 Å². The van der Waals surface area contributed by atoms with Crippen LogP contribution in [0, 0.1) is 5.92 Å². The average Bonchev–Trinajstić information content (AvgIpc) is 2.95. The molecule has 1 fully saturated rings. The fraction of sp³-hybridized carbons (Fsp3) is 0.750. The van der Waals surface area contributed by atoms with Gasteiger partial charge < -0.3 is 4.42 Å². The van der Waals surface area contributed by atoms with Crippen LogP contribution in [0.15, 0.2) is 10.6 Å². The highest BCUT2D eigenvalue weighted by Gasteiger charge is 2.43. The van der Waals surface area contributed by atoms with Crippen LogP contribution in [0.25, 0.3) is 0 Å². The van der Waals surface area contributed by atoms with Gasteiger partial charge in [-0.15, -0.1) is 15.3 Å².